The summed E-state index contributed by atoms with van der Waals surface area (Å²) in [6.45, 7) is 6.98. The van der Waals surface area contributed by atoms with Gasteiger partial charge in [-0.1, -0.05) is 42.5 Å². The molecule has 7 heteroatoms. The molecule has 0 fully saturated rings. The summed E-state index contributed by atoms with van der Waals surface area (Å²) in [4.78, 5) is 12.6. The molecule has 0 bridgehead atoms. The van der Waals surface area contributed by atoms with E-state index in [0.717, 1.165) is 11.1 Å². The SMILES string of the molecule is CC(Oc1ccc(-c2ccccc2)cc1)C(=O)Nc1ccc(S(=O)(=O)NC(C)(C)C)cc1. The van der Waals surface area contributed by atoms with E-state index >= 15 is 0 Å². The fourth-order valence-corrected chi connectivity index (χ4v) is 4.46. The van der Waals surface area contributed by atoms with Crippen LogP contribution >= 0.6 is 0 Å². The summed E-state index contributed by atoms with van der Waals surface area (Å²) in [5, 5.41) is 2.75. The molecule has 0 aliphatic rings. The van der Waals surface area contributed by atoms with Gasteiger partial charge in [-0.15, -0.1) is 0 Å². The predicted molar refractivity (Wildman–Crippen MR) is 127 cm³/mol. The quantitative estimate of drug-likeness (QED) is 0.537. The molecule has 3 aromatic carbocycles. The lowest BCUT2D eigenvalue weighted by Gasteiger charge is -2.20. The van der Waals surface area contributed by atoms with E-state index in [0.29, 0.717) is 11.4 Å². The molecule has 0 saturated heterocycles. The number of ether oxygens (including phenoxy) is 1. The van der Waals surface area contributed by atoms with Gasteiger partial charge in [0.2, 0.25) is 10.0 Å². The lowest BCUT2D eigenvalue weighted by molar-refractivity contribution is -0.122. The molecule has 6 nitrogen and oxygen atoms in total. The van der Waals surface area contributed by atoms with Crippen LogP contribution in [0.25, 0.3) is 11.1 Å². The highest BCUT2D eigenvalue weighted by molar-refractivity contribution is 7.89. The first-order valence-electron chi connectivity index (χ1n) is 10.3. The Morgan fingerprint density at radius 3 is 1.97 bits per heavy atom. The van der Waals surface area contributed by atoms with Crippen LogP contribution in [0.2, 0.25) is 0 Å². The highest BCUT2D eigenvalue weighted by Crippen LogP contribution is 2.23. The number of hydrogen-bond acceptors (Lipinski definition) is 4. The first kappa shape index (κ1) is 23.5. The smallest absolute Gasteiger partial charge is 0.265 e. The third-order valence-electron chi connectivity index (χ3n) is 4.52. The van der Waals surface area contributed by atoms with Crippen molar-refractivity contribution in [3.05, 3.63) is 78.9 Å². The molecule has 3 aromatic rings. The Bertz CT molecular complexity index is 1150. The fourth-order valence-electron chi connectivity index (χ4n) is 3.04. The van der Waals surface area contributed by atoms with Crippen LogP contribution in [0.15, 0.2) is 83.8 Å². The molecule has 3 rings (SSSR count). The van der Waals surface area contributed by atoms with Gasteiger partial charge in [-0.2, -0.15) is 0 Å². The molecule has 0 aromatic heterocycles. The van der Waals surface area contributed by atoms with Crippen molar-refractivity contribution in [1.82, 2.24) is 4.72 Å². The van der Waals surface area contributed by atoms with Crippen molar-refractivity contribution in [3.8, 4) is 16.9 Å². The summed E-state index contributed by atoms with van der Waals surface area (Å²) in [7, 11) is -3.63. The topological polar surface area (TPSA) is 84.5 Å². The third kappa shape index (κ3) is 6.42. The Labute approximate surface area is 189 Å². The zero-order valence-corrected chi connectivity index (χ0v) is 19.4. The Morgan fingerprint density at radius 1 is 0.844 bits per heavy atom. The van der Waals surface area contributed by atoms with Crippen molar-refractivity contribution in [2.45, 2.75) is 44.2 Å². The molecular formula is C25H28N2O4S. The Morgan fingerprint density at radius 2 is 1.41 bits per heavy atom. The van der Waals surface area contributed by atoms with E-state index in [-0.39, 0.29) is 10.8 Å². The molecule has 1 unspecified atom stereocenters. The van der Waals surface area contributed by atoms with Crippen LogP contribution in [0.1, 0.15) is 27.7 Å². The van der Waals surface area contributed by atoms with Crippen molar-refractivity contribution in [2.75, 3.05) is 5.32 Å². The van der Waals surface area contributed by atoms with Crippen LogP contribution < -0.4 is 14.8 Å². The van der Waals surface area contributed by atoms with E-state index in [2.05, 4.69) is 10.0 Å². The average Bonchev–Trinajstić information content (AvgIpc) is 2.73. The summed E-state index contributed by atoms with van der Waals surface area (Å²) in [6.07, 6.45) is -0.733. The fraction of sp³-hybridized carbons (Fsp3) is 0.240. The monoisotopic (exact) mass is 452 g/mol. The van der Waals surface area contributed by atoms with E-state index < -0.39 is 21.7 Å². The van der Waals surface area contributed by atoms with Crippen LogP contribution in [0.4, 0.5) is 5.69 Å². The van der Waals surface area contributed by atoms with Crippen molar-refractivity contribution >= 4 is 21.6 Å². The number of anilines is 1. The van der Waals surface area contributed by atoms with Crippen LogP contribution in [-0.2, 0) is 14.8 Å². The number of hydrogen-bond donors (Lipinski definition) is 2. The van der Waals surface area contributed by atoms with Gasteiger partial charge in [0.1, 0.15) is 5.75 Å². The molecule has 2 N–H and O–H groups in total. The zero-order chi connectivity index (χ0) is 23.4. The van der Waals surface area contributed by atoms with E-state index in [1.54, 1.807) is 39.8 Å². The lowest BCUT2D eigenvalue weighted by Crippen LogP contribution is -2.40. The van der Waals surface area contributed by atoms with Gasteiger partial charge in [-0.3, -0.25) is 4.79 Å². The van der Waals surface area contributed by atoms with Gasteiger partial charge in [0.05, 0.1) is 4.90 Å². The molecule has 1 amide bonds. The summed E-state index contributed by atoms with van der Waals surface area (Å²) in [5.74, 6) is 0.252. The number of amides is 1. The largest absolute Gasteiger partial charge is 0.481 e. The summed E-state index contributed by atoms with van der Waals surface area (Å²) >= 11 is 0. The molecule has 1 atom stereocenters. The number of nitrogens with one attached hydrogen (secondary N) is 2. The maximum absolute atomic E-state index is 12.5. The van der Waals surface area contributed by atoms with Gasteiger partial charge in [0.25, 0.3) is 5.91 Å². The molecule has 0 spiro atoms. The summed E-state index contributed by atoms with van der Waals surface area (Å²) in [5.41, 5.74) is 2.07. The normalized spacial score (nSPS) is 12.8. The molecule has 168 valence electrons. The van der Waals surface area contributed by atoms with Crippen LogP contribution in [0, 0.1) is 0 Å². The zero-order valence-electron chi connectivity index (χ0n) is 18.6. The van der Waals surface area contributed by atoms with Gasteiger partial charge >= 0.3 is 0 Å². The highest BCUT2D eigenvalue weighted by Gasteiger charge is 2.22. The number of carbonyl (C=O) groups excluding carboxylic acids is 1. The lowest BCUT2D eigenvalue weighted by atomic mass is 10.1. The van der Waals surface area contributed by atoms with E-state index in [4.69, 9.17) is 4.74 Å². The minimum atomic E-state index is -3.63. The van der Waals surface area contributed by atoms with Gasteiger partial charge in [-0.05, 0) is 75.2 Å². The Balaban J connectivity index is 1.60. The molecular weight excluding hydrogens is 424 g/mol. The first-order chi connectivity index (χ1) is 15.0. The Kier molecular flexibility index (Phi) is 7.01. The highest BCUT2D eigenvalue weighted by atomic mass is 32.2. The van der Waals surface area contributed by atoms with Gasteiger partial charge in [-0.25, -0.2) is 13.1 Å². The van der Waals surface area contributed by atoms with Crippen LogP contribution in [-0.4, -0.2) is 26.0 Å². The third-order valence-corrected chi connectivity index (χ3v) is 6.29. The molecule has 32 heavy (non-hydrogen) atoms. The second-order valence-corrected chi connectivity index (χ2v) is 10.2. The maximum atomic E-state index is 12.5. The minimum absolute atomic E-state index is 0.133. The average molecular weight is 453 g/mol. The second-order valence-electron chi connectivity index (χ2n) is 8.52. The Hall–Kier alpha value is -3.16. The number of carbonyl (C=O) groups is 1. The number of sulfonamides is 1. The molecule has 0 heterocycles. The molecule has 0 aliphatic heterocycles. The summed E-state index contributed by atoms with van der Waals surface area (Å²) in [6, 6.07) is 23.5. The standard InChI is InChI=1S/C25H28N2O4S/c1-18(31-22-14-10-20(11-15-22)19-8-6-5-7-9-19)24(28)26-21-12-16-23(17-13-21)32(29,30)27-25(2,3)4/h5-18,27H,1-4H3,(H,26,28). The predicted octanol–water partition coefficient (Wildman–Crippen LogP) is 4.84. The van der Waals surface area contributed by atoms with Crippen LogP contribution in [0.5, 0.6) is 5.75 Å². The molecule has 0 saturated carbocycles. The van der Waals surface area contributed by atoms with E-state index in [9.17, 15) is 13.2 Å². The van der Waals surface area contributed by atoms with Crippen molar-refractivity contribution < 1.29 is 17.9 Å². The van der Waals surface area contributed by atoms with E-state index in [1.165, 1.54) is 12.1 Å². The maximum Gasteiger partial charge on any atom is 0.265 e. The van der Waals surface area contributed by atoms with Crippen molar-refractivity contribution in [2.24, 2.45) is 0 Å². The number of rotatable bonds is 7. The second kappa shape index (κ2) is 9.54. The van der Waals surface area contributed by atoms with Crippen molar-refractivity contribution in [3.63, 3.8) is 0 Å². The molecule has 0 radical (unpaired) electrons. The van der Waals surface area contributed by atoms with Gasteiger partial charge in [0.15, 0.2) is 6.10 Å². The molecule has 0 aliphatic carbocycles. The first-order valence-corrected chi connectivity index (χ1v) is 11.8. The number of benzene rings is 3. The van der Waals surface area contributed by atoms with Crippen molar-refractivity contribution in [1.29, 1.82) is 0 Å². The van der Waals surface area contributed by atoms with E-state index in [1.807, 2.05) is 54.6 Å². The summed E-state index contributed by atoms with van der Waals surface area (Å²) < 4.78 is 33.1. The minimum Gasteiger partial charge on any atom is -0.481 e. The van der Waals surface area contributed by atoms with Gasteiger partial charge < -0.3 is 10.1 Å². The van der Waals surface area contributed by atoms with Gasteiger partial charge in [0, 0.05) is 11.2 Å². The van der Waals surface area contributed by atoms with Crippen LogP contribution in [0.3, 0.4) is 0 Å².